The number of aliphatic hydroxyl groups is 2. The molecule has 0 bridgehead atoms. The molecule has 2 heterocycles. The number of rotatable bonds is 6. The van der Waals surface area contributed by atoms with Crippen molar-refractivity contribution in [1.82, 2.24) is 9.88 Å². The van der Waals surface area contributed by atoms with Crippen LogP contribution in [-0.2, 0) is 12.2 Å². The lowest BCUT2D eigenvalue weighted by atomic mass is 9.97. The summed E-state index contributed by atoms with van der Waals surface area (Å²) < 4.78 is 0. The summed E-state index contributed by atoms with van der Waals surface area (Å²) in [6.45, 7) is 4.29. The normalized spacial score (nSPS) is 18.5. The quantitative estimate of drug-likeness (QED) is 0.578. The number of benzene rings is 2. The van der Waals surface area contributed by atoms with Gasteiger partial charge in [-0.25, -0.2) is 0 Å². The molecule has 3 aromatic rings. The van der Waals surface area contributed by atoms with E-state index in [1.54, 1.807) is 37.4 Å². The van der Waals surface area contributed by atoms with Crippen LogP contribution in [0.1, 0.15) is 35.3 Å². The van der Waals surface area contributed by atoms with E-state index in [1.807, 2.05) is 24.3 Å². The lowest BCUT2D eigenvalue weighted by Crippen LogP contribution is -2.52. The third kappa shape index (κ3) is 5.18. The molecule has 6 nitrogen and oxygen atoms in total. The topological polar surface area (TPSA) is 83.6 Å². The Labute approximate surface area is 199 Å². The zero-order valence-corrected chi connectivity index (χ0v) is 19.3. The van der Waals surface area contributed by atoms with E-state index in [2.05, 4.69) is 33.0 Å². The molecule has 0 radical (unpaired) electrons. The Morgan fingerprint density at radius 3 is 2.58 bits per heavy atom. The number of piperazine rings is 1. The van der Waals surface area contributed by atoms with Crippen LogP contribution < -0.4 is 4.90 Å². The van der Waals surface area contributed by atoms with Crippen LogP contribution in [0.3, 0.4) is 0 Å². The van der Waals surface area contributed by atoms with Crippen molar-refractivity contribution in [2.75, 3.05) is 31.1 Å². The summed E-state index contributed by atoms with van der Waals surface area (Å²) in [4.78, 5) is 8.88. The number of pyridine rings is 1. The van der Waals surface area contributed by atoms with Crippen molar-refractivity contribution in [1.29, 1.82) is 5.26 Å². The van der Waals surface area contributed by atoms with Gasteiger partial charge >= 0.3 is 0 Å². The van der Waals surface area contributed by atoms with Crippen LogP contribution in [0.15, 0.2) is 66.9 Å². The van der Waals surface area contributed by atoms with Gasteiger partial charge in [-0.2, -0.15) is 5.26 Å². The number of nitrogens with zero attached hydrogens (tertiary/aromatic N) is 4. The van der Waals surface area contributed by atoms with E-state index in [4.69, 9.17) is 11.6 Å². The average Bonchev–Trinajstić information content (AvgIpc) is 2.84. The van der Waals surface area contributed by atoms with E-state index in [9.17, 15) is 15.5 Å². The Morgan fingerprint density at radius 1 is 1.15 bits per heavy atom. The fourth-order valence-electron chi connectivity index (χ4n) is 4.39. The highest BCUT2D eigenvalue weighted by atomic mass is 35.5. The SMILES string of the molecule is C[C@@](O)(CN1CCN(c2ccc(C#N)cc2Cl)C(c2ccccc2)C1)c1ccc(CO)cn1. The van der Waals surface area contributed by atoms with Crippen molar-refractivity contribution in [2.45, 2.75) is 25.2 Å². The van der Waals surface area contributed by atoms with Crippen molar-refractivity contribution < 1.29 is 10.2 Å². The Kier molecular flexibility index (Phi) is 6.96. The van der Waals surface area contributed by atoms with Crippen LogP contribution in [0.4, 0.5) is 5.69 Å². The Bertz CT molecular complexity index is 1130. The monoisotopic (exact) mass is 462 g/mol. The van der Waals surface area contributed by atoms with Crippen LogP contribution in [0.5, 0.6) is 0 Å². The maximum Gasteiger partial charge on any atom is 0.116 e. The van der Waals surface area contributed by atoms with Crippen molar-refractivity contribution in [3.8, 4) is 6.07 Å². The third-order valence-corrected chi connectivity index (χ3v) is 6.43. The first-order valence-electron chi connectivity index (χ1n) is 10.9. The number of hydrogen-bond acceptors (Lipinski definition) is 6. The fraction of sp³-hybridized carbons (Fsp3) is 0.308. The molecule has 2 atom stereocenters. The van der Waals surface area contributed by atoms with Crippen LogP contribution in [0.25, 0.3) is 0 Å². The summed E-state index contributed by atoms with van der Waals surface area (Å²) in [5, 5.41) is 30.2. The summed E-state index contributed by atoms with van der Waals surface area (Å²) in [5.41, 5.74) is 2.75. The number of aromatic nitrogens is 1. The maximum atomic E-state index is 11.2. The molecule has 1 aliphatic rings. The van der Waals surface area contributed by atoms with E-state index in [0.717, 1.165) is 24.3 Å². The molecule has 1 fully saturated rings. The molecule has 170 valence electrons. The number of β-amino-alcohol motifs (C(OH)–C–C–N with tert-alkyl or cyclic N) is 1. The van der Waals surface area contributed by atoms with Gasteiger partial charge in [-0.1, -0.05) is 48.0 Å². The predicted octanol–water partition coefficient (Wildman–Crippen LogP) is 3.87. The molecular formula is C26H27ClN4O2. The number of nitriles is 1. The second kappa shape index (κ2) is 9.90. The van der Waals surface area contributed by atoms with E-state index in [1.165, 1.54) is 0 Å². The number of aliphatic hydroxyl groups excluding tert-OH is 1. The van der Waals surface area contributed by atoms with E-state index < -0.39 is 5.60 Å². The van der Waals surface area contributed by atoms with Gasteiger partial charge in [0.25, 0.3) is 0 Å². The smallest absolute Gasteiger partial charge is 0.116 e. The Balaban J connectivity index is 1.58. The molecule has 7 heteroatoms. The largest absolute Gasteiger partial charge is 0.392 e. The van der Waals surface area contributed by atoms with Gasteiger partial charge in [-0.05, 0) is 42.3 Å². The van der Waals surface area contributed by atoms with E-state index in [-0.39, 0.29) is 12.6 Å². The molecular weight excluding hydrogens is 436 g/mol. The highest BCUT2D eigenvalue weighted by molar-refractivity contribution is 6.33. The first-order chi connectivity index (χ1) is 15.9. The Morgan fingerprint density at radius 2 is 1.94 bits per heavy atom. The van der Waals surface area contributed by atoms with Crippen LogP contribution in [-0.4, -0.2) is 46.3 Å². The summed E-state index contributed by atoms with van der Waals surface area (Å²) in [5.74, 6) is 0. The molecule has 33 heavy (non-hydrogen) atoms. The summed E-state index contributed by atoms with van der Waals surface area (Å²) in [6.07, 6.45) is 1.60. The molecule has 1 aromatic heterocycles. The first kappa shape index (κ1) is 23.2. The highest BCUT2D eigenvalue weighted by Crippen LogP contribution is 2.36. The second-order valence-corrected chi connectivity index (χ2v) is 9.02. The van der Waals surface area contributed by atoms with Crippen LogP contribution in [0, 0.1) is 11.3 Å². The van der Waals surface area contributed by atoms with Crippen molar-refractivity contribution in [3.05, 3.63) is 94.3 Å². The average molecular weight is 463 g/mol. The molecule has 0 spiro atoms. The third-order valence-electron chi connectivity index (χ3n) is 6.13. The van der Waals surface area contributed by atoms with Gasteiger partial charge in [0.15, 0.2) is 0 Å². The lowest BCUT2D eigenvalue weighted by molar-refractivity contribution is 0.00672. The molecule has 1 unspecified atom stereocenters. The molecule has 2 aromatic carbocycles. The number of anilines is 1. The summed E-state index contributed by atoms with van der Waals surface area (Å²) in [7, 11) is 0. The fourth-order valence-corrected chi connectivity index (χ4v) is 4.68. The van der Waals surface area contributed by atoms with Gasteiger partial charge in [0.2, 0.25) is 0 Å². The lowest BCUT2D eigenvalue weighted by Gasteiger charge is -2.45. The van der Waals surface area contributed by atoms with Gasteiger partial charge < -0.3 is 15.1 Å². The Hall–Kier alpha value is -2.95. The minimum absolute atomic E-state index is 0.0332. The predicted molar refractivity (Wildman–Crippen MR) is 129 cm³/mol. The van der Waals surface area contributed by atoms with Crippen LogP contribution in [0.2, 0.25) is 5.02 Å². The molecule has 0 saturated carbocycles. The van der Waals surface area contributed by atoms with Gasteiger partial charge in [-0.15, -0.1) is 0 Å². The van der Waals surface area contributed by atoms with E-state index in [0.29, 0.717) is 34.9 Å². The van der Waals surface area contributed by atoms with Gasteiger partial charge in [0.05, 0.1) is 40.7 Å². The van der Waals surface area contributed by atoms with E-state index >= 15 is 0 Å². The van der Waals surface area contributed by atoms with Gasteiger partial charge in [0, 0.05) is 32.4 Å². The van der Waals surface area contributed by atoms with Crippen molar-refractivity contribution in [2.24, 2.45) is 0 Å². The second-order valence-electron chi connectivity index (χ2n) is 8.62. The van der Waals surface area contributed by atoms with Crippen molar-refractivity contribution in [3.63, 3.8) is 0 Å². The number of hydrogen-bond donors (Lipinski definition) is 2. The molecule has 0 amide bonds. The van der Waals surface area contributed by atoms with Crippen molar-refractivity contribution >= 4 is 17.3 Å². The van der Waals surface area contributed by atoms with Gasteiger partial charge in [0.1, 0.15) is 5.60 Å². The molecule has 2 N–H and O–H groups in total. The zero-order chi connectivity index (χ0) is 23.4. The molecule has 1 saturated heterocycles. The highest BCUT2D eigenvalue weighted by Gasteiger charge is 2.34. The summed E-state index contributed by atoms with van der Waals surface area (Å²) in [6, 6.07) is 21.4. The van der Waals surface area contributed by atoms with Crippen LogP contribution >= 0.6 is 11.6 Å². The minimum Gasteiger partial charge on any atom is -0.392 e. The zero-order valence-electron chi connectivity index (χ0n) is 18.5. The summed E-state index contributed by atoms with van der Waals surface area (Å²) >= 11 is 6.57. The van der Waals surface area contributed by atoms with Gasteiger partial charge in [-0.3, -0.25) is 9.88 Å². The first-order valence-corrected chi connectivity index (χ1v) is 11.3. The standard InChI is InChI=1S/C26H27ClN4O2/c1-26(33,25-10-8-20(17-32)15-29-25)18-30-11-12-31(23-9-7-19(14-28)13-22(23)27)24(16-30)21-5-3-2-4-6-21/h2-10,13,15,24,32-33H,11-12,16-18H2,1H3/t24?,26-/m1/s1. The molecule has 4 rings (SSSR count). The molecule has 0 aliphatic carbocycles. The number of halogens is 1. The molecule has 1 aliphatic heterocycles. The minimum atomic E-state index is -1.14. The maximum absolute atomic E-state index is 11.2.